The SMILES string of the molecule is COCC1CCCN(c2ccc([C@H](C)N)cn2)C1. The molecule has 1 saturated heterocycles. The average Bonchev–Trinajstić information content (AvgIpc) is 2.39. The smallest absolute Gasteiger partial charge is 0.128 e. The quantitative estimate of drug-likeness (QED) is 0.886. The lowest BCUT2D eigenvalue weighted by Crippen LogP contribution is -2.37. The van der Waals surface area contributed by atoms with Gasteiger partial charge in [-0.15, -0.1) is 0 Å². The Morgan fingerprint density at radius 1 is 1.56 bits per heavy atom. The summed E-state index contributed by atoms with van der Waals surface area (Å²) in [6, 6.07) is 4.20. The third-order valence-electron chi connectivity index (χ3n) is 3.54. The standard InChI is InChI=1S/C14H23N3O/c1-11(15)13-5-6-14(16-8-13)17-7-3-4-12(9-17)10-18-2/h5-6,8,11-12H,3-4,7,9-10,15H2,1-2H3/t11-,12?/m0/s1. The highest BCUT2D eigenvalue weighted by Gasteiger charge is 2.20. The number of hydrogen-bond acceptors (Lipinski definition) is 4. The molecule has 1 aliphatic heterocycles. The average molecular weight is 249 g/mol. The zero-order valence-electron chi connectivity index (χ0n) is 11.3. The fraction of sp³-hybridized carbons (Fsp3) is 0.643. The number of rotatable bonds is 4. The maximum Gasteiger partial charge on any atom is 0.128 e. The van der Waals surface area contributed by atoms with Crippen LogP contribution in [0.2, 0.25) is 0 Å². The van der Waals surface area contributed by atoms with Gasteiger partial charge in [0.2, 0.25) is 0 Å². The molecule has 0 bridgehead atoms. The lowest BCUT2D eigenvalue weighted by molar-refractivity contribution is 0.143. The molecule has 2 N–H and O–H groups in total. The molecular weight excluding hydrogens is 226 g/mol. The van der Waals surface area contributed by atoms with Crippen molar-refractivity contribution in [1.29, 1.82) is 0 Å². The summed E-state index contributed by atoms with van der Waals surface area (Å²) in [6.45, 7) is 4.95. The number of anilines is 1. The van der Waals surface area contributed by atoms with E-state index in [0.29, 0.717) is 5.92 Å². The first-order valence-corrected chi connectivity index (χ1v) is 6.66. The van der Waals surface area contributed by atoms with Crippen molar-refractivity contribution in [3.63, 3.8) is 0 Å². The van der Waals surface area contributed by atoms with Crippen molar-refractivity contribution in [1.82, 2.24) is 4.98 Å². The van der Waals surface area contributed by atoms with Crippen molar-refractivity contribution < 1.29 is 4.74 Å². The summed E-state index contributed by atoms with van der Waals surface area (Å²) in [5, 5.41) is 0. The number of hydrogen-bond donors (Lipinski definition) is 1. The minimum Gasteiger partial charge on any atom is -0.384 e. The van der Waals surface area contributed by atoms with E-state index in [0.717, 1.165) is 31.1 Å². The van der Waals surface area contributed by atoms with Crippen LogP contribution in [0.5, 0.6) is 0 Å². The molecule has 4 heteroatoms. The van der Waals surface area contributed by atoms with E-state index >= 15 is 0 Å². The van der Waals surface area contributed by atoms with Gasteiger partial charge in [0, 0.05) is 32.4 Å². The molecule has 0 saturated carbocycles. The Hall–Kier alpha value is -1.13. The number of methoxy groups -OCH3 is 1. The van der Waals surface area contributed by atoms with E-state index in [1.807, 2.05) is 13.1 Å². The van der Waals surface area contributed by atoms with Crippen LogP contribution in [0.25, 0.3) is 0 Å². The van der Waals surface area contributed by atoms with E-state index in [1.54, 1.807) is 7.11 Å². The van der Waals surface area contributed by atoms with Gasteiger partial charge in [-0.1, -0.05) is 6.07 Å². The van der Waals surface area contributed by atoms with Crippen LogP contribution in [0.3, 0.4) is 0 Å². The van der Waals surface area contributed by atoms with E-state index in [1.165, 1.54) is 12.8 Å². The Bertz CT molecular complexity index is 362. The molecule has 100 valence electrons. The lowest BCUT2D eigenvalue weighted by Gasteiger charge is -2.33. The Kier molecular flexibility index (Phi) is 4.55. The Balaban J connectivity index is 2.02. The minimum absolute atomic E-state index is 0.0501. The fourth-order valence-electron chi connectivity index (χ4n) is 2.50. The van der Waals surface area contributed by atoms with Crippen LogP contribution in [0.4, 0.5) is 5.82 Å². The molecule has 2 rings (SSSR count). The number of ether oxygens (including phenoxy) is 1. The van der Waals surface area contributed by atoms with Crippen LogP contribution in [0.1, 0.15) is 31.4 Å². The van der Waals surface area contributed by atoms with Crippen molar-refractivity contribution in [2.45, 2.75) is 25.8 Å². The van der Waals surface area contributed by atoms with Gasteiger partial charge in [0.05, 0.1) is 6.61 Å². The molecule has 1 aromatic heterocycles. The molecule has 2 atom stereocenters. The largest absolute Gasteiger partial charge is 0.384 e. The highest BCUT2D eigenvalue weighted by Crippen LogP contribution is 2.22. The number of nitrogens with zero attached hydrogens (tertiary/aromatic N) is 2. The summed E-state index contributed by atoms with van der Waals surface area (Å²) in [5.74, 6) is 1.68. The van der Waals surface area contributed by atoms with Gasteiger partial charge in [0.25, 0.3) is 0 Å². The van der Waals surface area contributed by atoms with E-state index < -0.39 is 0 Å². The van der Waals surface area contributed by atoms with Gasteiger partial charge >= 0.3 is 0 Å². The van der Waals surface area contributed by atoms with Crippen molar-refractivity contribution >= 4 is 5.82 Å². The zero-order chi connectivity index (χ0) is 13.0. The van der Waals surface area contributed by atoms with Gasteiger partial charge in [-0.2, -0.15) is 0 Å². The van der Waals surface area contributed by atoms with Gasteiger partial charge in [-0.05, 0) is 37.3 Å². The zero-order valence-corrected chi connectivity index (χ0v) is 11.3. The highest BCUT2D eigenvalue weighted by molar-refractivity contribution is 5.40. The van der Waals surface area contributed by atoms with Crippen molar-refractivity contribution in [3.05, 3.63) is 23.9 Å². The maximum absolute atomic E-state index is 5.83. The van der Waals surface area contributed by atoms with E-state index in [2.05, 4.69) is 22.0 Å². The second-order valence-corrected chi connectivity index (χ2v) is 5.15. The fourth-order valence-corrected chi connectivity index (χ4v) is 2.50. The van der Waals surface area contributed by atoms with Gasteiger partial charge in [0.15, 0.2) is 0 Å². The van der Waals surface area contributed by atoms with E-state index in [4.69, 9.17) is 10.5 Å². The first-order chi connectivity index (χ1) is 8.70. The summed E-state index contributed by atoms with van der Waals surface area (Å²) < 4.78 is 5.25. The topological polar surface area (TPSA) is 51.4 Å². The molecular formula is C14H23N3O. The van der Waals surface area contributed by atoms with Gasteiger partial charge in [0.1, 0.15) is 5.82 Å². The normalized spacial score (nSPS) is 21.9. The predicted molar refractivity (Wildman–Crippen MR) is 73.7 cm³/mol. The molecule has 0 amide bonds. The molecule has 2 heterocycles. The molecule has 0 spiro atoms. The molecule has 0 radical (unpaired) electrons. The van der Waals surface area contributed by atoms with E-state index in [9.17, 15) is 0 Å². The van der Waals surface area contributed by atoms with E-state index in [-0.39, 0.29) is 6.04 Å². The summed E-state index contributed by atoms with van der Waals surface area (Å²) in [4.78, 5) is 6.87. The highest BCUT2D eigenvalue weighted by atomic mass is 16.5. The van der Waals surface area contributed by atoms with Crippen LogP contribution in [-0.2, 0) is 4.74 Å². The molecule has 1 aromatic rings. The van der Waals surface area contributed by atoms with Gasteiger partial charge in [-0.3, -0.25) is 0 Å². The Morgan fingerprint density at radius 2 is 2.39 bits per heavy atom. The van der Waals surface area contributed by atoms with Gasteiger partial charge in [-0.25, -0.2) is 4.98 Å². The Labute approximate surface area is 109 Å². The molecule has 1 unspecified atom stereocenters. The summed E-state index contributed by atoms with van der Waals surface area (Å²) in [5.41, 5.74) is 6.92. The molecule has 4 nitrogen and oxygen atoms in total. The van der Waals surface area contributed by atoms with Crippen LogP contribution >= 0.6 is 0 Å². The van der Waals surface area contributed by atoms with Crippen molar-refractivity contribution in [3.8, 4) is 0 Å². The van der Waals surface area contributed by atoms with Crippen LogP contribution in [0.15, 0.2) is 18.3 Å². The second kappa shape index (κ2) is 6.16. The van der Waals surface area contributed by atoms with Crippen LogP contribution in [-0.4, -0.2) is 31.8 Å². The number of piperidine rings is 1. The third kappa shape index (κ3) is 3.21. The van der Waals surface area contributed by atoms with Crippen LogP contribution < -0.4 is 10.6 Å². The molecule has 1 aliphatic rings. The van der Waals surface area contributed by atoms with Crippen molar-refractivity contribution in [2.24, 2.45) is 11.7 Å². The molecule has 0 aliphatic carbocycles. The number of pyridine rings is 1. The predicted octanol–water partition coefficient (Wildman–Crippen LogP) is 1.96. The number of nitrogens with two attached hydrogens (primary N) is 1. The monoisotopic (exact) mass is 249 g/mol. The first-order valence-electron chi connectivity index (χ1n) is 6.66. The Morgan fingerprint density at radius 3 is 3.00 bits per heavy atom. The molecule has 0 aromatic carbocycles. The lowest BCUT2D eigenvalue weighted by atomic mass is 9.99. The number of aromatic nitrogens is 1. The summed E-state index contributed by atoms with van der Waals surface area (Å²) in [6.07, 6.45) is 4.35. The van der Waals surface area contributed by atoms with Crippen LogP contribution in [0, 0.1) is 5.92 Å². The second-order valence-electron chi connectivity index (χ2n) is 5.15. The first kappa shape index (κ1) is 13.3. The van der Waals surface area contributed by atoms with Gasteiger partial charge < -0.3 is 15.4 Å². The molecule has 1 fully saturated rings. The minimum atomic E-state index is 0.0501. The summed E-state index contributed by atoms with van der Waals surface area (Å²) in [7, 11) is 1.77. The molecule has 18 heavy (non-hydrogen) atoms. The third-order valence-corrected chi connectivity index (χ3v) is 3.54. The van der Waals surface area contributed by atoms with Crippen molar-refractivity contribution in [2.75, 3.05) is 31.7 Å². The summed E-state index contributed by atoms with van der Waals surface area (Å²) >= 11 is 0. The maximum atomic E-state index is 5.83.